The molecule has 0 saturated heterocycles. The number of benzene rings is 4. The van der Waals surface area contributed by atoms with E-state index in [1.54, 1.807) is 72.8 Å². The molecule has 4 rings (SSSR count). The van der Waals surface area contributed by atoms with Gasteiger partial charge in [0.15, 0.2) is 0 Å². The number of carbonyl (C=O) groups excluding carboxylic acids is 3. The zero-order valence-electron chi connectivity index (χ0n) is 24.4. The number of hydrogen-bond acceptors (Lipinski definition) is 6. The Kier molecular flexibility index (Phi) is 11.3. The van der Waals surface area contributed by atoms with Gasteiger partial charge in [-0.05, 0) is 66.7 Å². The second-order valence-electron chi connectivity index (χ2n) is 9.49. The van der Waals surface area contributed by atoms with Crippen molar-refractivity contribution in [1.82, 2.24) is 5.32 Å². The molecule has 0 heterocycles. The monoisotopic (exact) mass is 669 g/mol. The number of halogens is 4. The van der Waals surface area contributed by atoms with Crippen LogP contribution in [0.5, 0.6) is 11.5 Å². The molecule has 0 saturated carbocycles. The summed E-state index contributed by atoms with van der Waals surface area (Å²) in [6.07, 6.45) is -3.25. The minimum Gasteiger partial charge on any atom is -0.497 e. The summed E-state index contributed by atoms with van der Waals surface area (Å²) in [5, 5.41) is 7.55. The SMILES string of the molecule is COc1ccc(/C=C(/NC(=O)c2ccccc2)C(=O)Nc2cccc(SCC(=O)Nc3ccc(Cl)cc3C(F)(F)F)c2)c(OC)c1. The average Bonchev–Trinajstić information content (AvgIpc) is 3.04. The molecule has 0 aromatic heterocycles. The molecule has 0 aliphatic heterocycles. The van der Waals surface area contributed by atoms with Crippen molar-refractivity contribution in [2.24, 2.45) is 0 Å². The lowest BCUT2D eigenvalue weighted by Crippen LogP contribution is -2.30. The third kappa shape index (κ3) is 9.29. The van der Waals surface area contributed by atoms with Gasteiger partial charge in [0.1, 0.15) is 17.2 Å². The van der Waals surface area contributed by atoms with E-state index in [2.05, 4.69) is 16.0 Å². The summed E-state index contributed by atoms with van der Waals surface area (Å²) in [4.78, 5) is 39.6. The normalized spacial score (nSPS) is 11.4. The predicted octanol–water partition coefficient (Wildman–Crippen LogP) is 7.52. The van der Waals surface area contributed by atoms with Crippen molar-refractivity contribution in [1.29, 1.82) is 0 Å². The van der Waals surface area contributed by atoms with Crippen LogP contribution >= 0.6 is 23.4 Å². The Hall–Kier alpha value is -4.94. The molecule has 3 N–H and O–H groups in total. The van der Waals surface area contributed by atoms with Crippen LogP contribution in [0.25, 0.3) is 6.08 Å². The maximum atomic E-state index is 13.5. The second kappa shape index (κ2) is 15.4. The quantitative estimate of drug-likeness (QED) is 0.113. The molecule has 0 aliphatic rings. The Labute approximate surface area is 271 Å². The molecule has 0 fully saturated rings. The fraction of sp³-hybridized carbons (Fsp3) is 0.121. The Morgan fingerprint density at radius 3 is 2.33 bits per heavy atom. The molecule has 0 spiro atoms. The fourth-order valence-electron chi connectivity index (χ4n) is 4.09. The van der Waals surface area contributed by atoms with Crippen LogP contribution in [0, 0.1) is 0 Å². The largest absolute Gasteiger partial charge is 0.497 e. The lowest BCUT2D eigenvalue weighted by Gasteiger charge is -2.14. The van der Waals surface area contributed by atoms with Gasteiger partial charge in [-0.3, -0.25) is 14.4 Å². The van der Waals surface area contributed by atoms with Crippen molar-refractivity contribution >= 4 is 58.5 Å². The summed E-state index contributed by atoms with van der Waals surface area (Å²) < 4.78 is 50.9. The summed E-state index contributed by atoms with van der Waals surface area (Å²) in [6.45, 7) is 0. The van der Waals surface area contributed by atoms with Gasteiger partial charge in [0.2, 0.25) is 5.91 Å². The van der Waals surface area contributed by atoms with Gasteiger partial charge < -0.3 is 25.4 Å². The highest BCUT2D eigenvalue weighted by Gasteiger charge is 2.34. The Morgan fingerprint density at radius 2 is 1.63 bits per heavy atom. The van der Waals surface area contributed by atoms with Crippen molar-refractivity contribution in [3.8, 4) is 11.5 Å². The molecule has 0 unspecified atom stereocenters. The van der Waals surface area contributed by atoms with E-state index in [1.165, 1.54) is 26.4 Å². The third-order valence-corrected chi connectivity index (χ3v) is 7.52. The van der Waals surface area contributed by atoms with Gasteiger partial charge in [0, 0.05) is 32.8 Å². The molecular weight excluding hydrogens is 643 g/mol. The molecule has 4 aromatic carbocycles. The summed E-state index contributed by atoms with van der Waals surface area (Å²) in [5.41, 5.74) is -0.383. The Morgan fingerprint density at radius 1 is 0.870 bits per heavy atom. The molecule has 238 valence electrons. The van der Waals surface area contributed by atoms with Crippen LogP contribution in [0.4, 0.5) is 24.5 Å². The zero-order chi connectivity index (χ0) is 33.3. The second-order valence-corrected chi connectivity index (χ2v) is 11.0. The Bertz CT molecular complexity index is 1770. The van der Waals surface area contributed by atoms with E-state index >= 15 is 0 Å². The topological polar surface area (TPSA) is 106 Å². The molecule has 46 heavy (non-hydrogen) atoms. The van der Waals surface area contributed by atoms with Crippen LogP contribution in [-0.4, -0.2) is 37.7 Å². The maximum Gasteiger partial charge on any atom is 0.418 e. The van der Waals surface area contributed by atoms with E-state index in [0.29, 0.717) is 33.2 Å². The standard InChI is InChI=1S/C33H27ClF3N3O5S/c1-44-24-13-11-21(29(18-24)45-2)15-28(40-31(42)20-7-4-3-5-8-20)32(43)38-23-9-6-10-25(17-23)46-19-30(41)39-27-14-12-22(34)16-26(27)33(35,36)37/h3-18H,19H2,1-2H3,(H,38,43)(H,39,41)(H,40,42)/b28-15+. The summed E-state index contributed by atoms with van der Waals surface area (Å²) in [5.74, 6) is -1.12. The highest BCUT2D eigenvalue weighted by molar-refractivity contribution is 8.00. The van der Waals surface area contributed by atoms with Crippen molar-refractivity contribution in [3.05, 3.63) is 118 Å². The lowest BCUT2D eigenvalue weighted by atomic mass is 10.1. The van der Waals surface area contributed by atoms with Crippen LogP contribution < -0.4 is 25.4 Å². The minimum atomic E-state index is -4.71. The van der Waals surface area contributed by atoms with Crippen LogP contribution in [0.1, 0.15) is 21.5 Å². The first kappa shape index (κ1) is 33.9. The molecule has 0 radical (unpaired) electrons. The van der Waals surface area contributed by atoms with Crippen LogP contribution in [0.3, 0.4) is 0 Å². The number of hydrogen-bond donors (Lipinski definition) is 3. The smallest absolute Gasteiger partial charge is 0.418 e. The van der Waals surface area contributed by atoms with Gasteiger partial charge >= 0.3 is 6.18 Å². The van der Waals surface area contributed by atoms with Crippen LogP contribution in [0.15, 0.2) is 102 Å². The molecule has 4 aromatic rings. The van der Waals surface area contributed by atoms with Gasteiger partial charge in [-0.15, -0.1) is 11.8 Å². The van der Waals surface area contributed by atoms with Crippen molar-refractivity contribution in [2.45, 2.75) is 11.1 Å². The molecule has 3 amide bonds. The van der Waals surface area contributed by atoms with Crippen molar-refractivity contribution in [3.63, 3.8) is 0 Å². The number of ether oxygens (including phenoxy) is 2. The predicted molar refractivity (Wildman–Crippen MR) is 172 cm³/mol. The van der Waals surface area contributed by atoms with Crippen molar-refractivity contribution in [2.75, 3.05) is 30.6 Å². The lowest BCUT2D eigenvalue weighted by molar-refractivity contribution is -0.137. The fourth-order valence-corrected chi connectivity index (χ4v) is 5.02. The van der Waals surface area contributed by atoms with Crippen LogP contribution in [-0.2, 0) is 15.8 Å². The van der Waals surface area contributed by atoms with E-state index < -0.39 is 35.1 Å². The number of amides is 3. The molecule has 13 heteroatoms. The molecule has 0 atom stereocenters. The number of thioether (sulfide) groups is 1. The maximum absolute atomic E-state index is 13.5. The highest BCUT2D eigenvalue weighted by Crippen LogP contribution is 2.36. The summed E-state index contributed by atoms with van der Waals surface area (Å²) in [6, 6.07) is 22.9. The van der Waals surface area contributed by atoms with Crippen LogP contribution in [0.2, 0.25) is 5.02 Å². The van der Waals surface area contributed by atoms with E-state index in [9.17, 15) is 27.6 Å². The third-order valence-electron chi connectivity index (χ3n) is 6.29. The molecule has 8 nitrogen and oxygen atoms in total. The minimum absolute atomic E-state index is 0.0850. The summed E-state index contributed by atoms with van der Waals surface area (Å²) >= 11 is 6.76. The van der Waals surface area contributed by atoms with Gasteiger partial charge in [-0.2, -0.15) is 13.2 Å². The van der Waals surface area contributed by atoms with E-state index in [4.69, 9.17) is 21.1 Å². The van der Waals surface area contributed by atoms with Crippen molar-refractivity contribution < 1.29 is 37.0 Å². The number of alkyl halides is 3. The first-order valence-electron chi connectivity index (χ1n) is 13.5. The number of carbonyl (C=O) groups is 3. The van der Waals surface area contributed by atoms with Gasteiger partial charge in [-0.25, -0.2) is 0 Å². The average molecular weight is 670 g/mol. The number of anilines is 2. The molecule has 0 bridgehead atoms. The number of nitrogens with one attached hydrogen (secondary N) is 3. The first-order valence-corrected chi connectivity index (χ1v) is 14.8. The van der Waals surface area contributed by atoms with E-state index in [0.717, 1.165) is 23.9 Å². The summed E-state index contributed by atoms with van der Waals surface area (Å²) in [7, 11) is 2.97. The number of rotatable bonds is 11. The molecular formula is C33H27ClF3N3O5S. The first-order chi connectivity index (χ1) is 22.0. The van der Waals surface area contributed by atoms with E-state index in [-0.39, 0.29) is 16.5 Å². The van der Waals surface area contributed by atoms with Gasteiger partial charge in [0.05, 0.1) is 31.2 Å². The number of methoxy groups -OCH3 is 2. The Balaban J connectivity index is 1.50. The van der Waals surface area contributed by atoms with E-state index in [1.807, 2.05) is 0 Å². The van der Waals surface area contributed by atoms with Gasteiger partial charge in [0.25, 0.3) is 11.8 Å². The zero-order valence-corrected chi connectivity index (χ0v) is 26.0. The molecule has 0 aliphatic carbocycles. The van der Waals surface area contributed by atoms with Gasteiger partial charge in [-0.1, -0.05) is 35.9 Å². The highest BCUT2D eigenvalue weighted by atomic mass is 35.5.